The Morgan fingerprint density at radius 2 is 2.32 bits per heavy atom. The van der Waals surface area contributed by atoms with Crippen LogP contribution in [0.3, 0.4) is 0 Å². The fraction of sp³-hybridized carbons (Fsp3) is 0.412. The molecule has 2 heterocycles. The quantitative estimate of drug-likeness (QED) is 0.943. The van der Waals surface area contributed by atoms with Gasteiger partial charge in [-0.1, -0.05) is 12.1 Å². The number of aryl methyl sites for hydroxylation is 1. The molecule has 1 fully saturated rings. The summed E-state index contributed by atoms with van der Waals surface area (Å²) in [5, 5.41) is 7.29. The Kier molecular flexibility index (Phi) is 4.24. The van der Waals surface area contributed by atoms with Crippen molar-refractivity contribution < 1.29 is 9.53 Å². The van der Waals surface area contributed by atoms with Crippen molar-refractivity contribution in [2.75, 3.05) is 13.2 Å². The molecule has 5 nitrogen and oxygen atoms in total. The van der Waals surface area contributed by atoms with Crippen LogP contribution >= 0.6 is 0 Å². The van der Waals surface area contributed by atoms with Gasteiger partial charge in [0.25, 0.3) is 5.91 Å². The van der Waals surface area contributed by atoms with Gasteiger partial charge in [-0.25, -0.2) is 4.68 Å². The van der Waals surface area contributed by atoms with Crippen molar-refractivity contribution in [1.82, 2.24) is 15.1 Å². The third-order valence-corrected chi connectivity index (χ3v) is 4.01. The van der Waals surface area contributed by atoms with Gasteiger partial charge in [-0.3, -0.25) is 4.79 Å². The molecule has 0 radical (unpaired) electrons. The second-order valence-electron chi connectivity index (χ2n) is 5.74. The molecule has 0 aliphatic carbocycles. The zero-order chi connectivity index (χ0) is 15.5. The highest BCUT2D eigenvalue weighted by Gasteiger charge is 2.19. The number of hydrogen-bond acceptors (Lipinski definition) is 3. The van der Waals surface area contributed by atoms with Gasteiger partial charge in [0.05, 0.1) is 29.2 Å². The Balaban J connectivity index is 1.73. The summed E-state index contributed by atoms with van der Waals surface area (Å²) in [5.41, 5.74) is 3.59. The first-order valence-electron chi connectivity index (χ1n) is 7.66. The minimum Gasteiger partial charge on any atom is -0.376 e. The second-order valence-corrected chi connectivity index (χ2v) is 5.74. The zero-order valence-corrected chi connectivity index (χ0v) is 13.0. The Morgan fingerprint density at radius 1 is 1.45 bits per heavy atom. The predicted molar refractivity (Wildman–Crippen MR) is 84.3 cm³/mol. The lowest BCUT2D eigenvalue weighted by Crippen LogP contribution is -2.32. The van der Waals surface area contributed by atoms with Gasteiger partial charge in [0.15, 0.2) is 0 Å². The zero-order valence-electron chi connectivity index (χ0n) is 13.0. The van der Waals surface area contributed by atoms with Crippen LogP contribution in [0.1, 0.15) is 34.5 Å². The number of carbonyl (C=O) groups is 1. The van der Waals surface area contributed by atoms with E-state index in [2.05, 4.69) is 10.4 Å². The first-order chi connectivity index (χ1) is 10.6. The van der Waals surface area contributed by atoms with Crippen molar-refractivity contribution in [2.24, 2.45) is 0 Å². The van der Waals surface area contributed by atoms with E-state index < -0.39 is 0 Å². The molecule has 1 aromatic carbocycles. The topological polar surface area (TPSA) is 56.2 Å². The monoisotopic (exact) mass is 299 g/mol. The molecule has 22 heavy (non-hydrogen) atoms. The number of amides is 1. The summed E-state index contributed by atoms with van der Waals surface area (Å²) in [4.78, 5) is 12.3. The number of hydrogen-bond donors (Lipinski definition) is 1. The molecule has 1 N–H and O–H groups in total. The molecule has 0 spiro atoms. The van der Waals surface area contributed by atoms with Crippen molar-refractivity contribution in [3.63, 3.8) is 0 Å². The molecule has 1 aliphatic heterocycles. The van der Waals surface area contributed by atoms with Crippen LogP contribution in [0.2, 0.25) is 0 Å². The van der Waals surface area contributed by atoms with E-state index in [-0.39, 0.29) is 12.0 Å². The third-order valence-electron chi connectivity index (χ3n) is 4.01. The molecule has 3 rings (SSSR count). The summed E-state index contributed by atoms with van der Waals surface area (Å²) in [6, 6.07) is 8.07. The lowest BCUT2D eigenvalue weighted by Gasteiger charge is -2.11. The van der Waals surface area contributed by atoms with E-state index in [0.29, 0.717) is 12.1 Å². The van der Waals surface area contributed by atoms with E-state index in [1.807, 2.05) is 38.1 Å². The maximum atomic E-state index is 12.3. The summed E-state index contributed by atoms with van der Waals surface area (Å²) < 4.78 is 7.32. The van der Waals surface area contributed by atoms with Gasteiger partial charge in [0.2, 0.25) is 0 Å². The van der Waals surface area contributed by atoms with Gasteiger partial charge >= 0.3 is 0 Å². The first kappa shape index (κ1) is 14.8. The van der Waals surface area contributed by atoms with Crippen LogP contribution in [0.4, 0.5) is 0 Å². The molecule has 5 heteroatoms. The molecule has 1 amide bonds. The molecular weight excluding hydrogens is 278 g/mol. The van der Waals surface area contributed by atoms with Gasteiger partial charge < -0.3 is 10.1 Å². The lowest BCUT2D eigenvalue weighted by atomic mass is 10.2. The number of carbonyl (C=O) groups excluding carboxylic acids is 1. The highest BCUT2D eigenvalue weighted by molar-refractivity contribution is 5.95. The highest BCUT2D eigenvalue weighted by Crippen LogP contribution is 2.16. The Hall–Kier alpha value is -2.14. The Bertz CT molecular complexity index is 672. The maximum Gasteiger partial charge on any atom is 0.254 e. The summed E-state index contributed by atoms with van der Waals surface area (Å²) in [5.74, 6) is -0.0908. The number of nitrogens with zero attached hydrogens (tertiary/aromatic N) is 2. The molecule has 1 saturated heterocycles. The fourth-order valence-corrected chi connectivity index (χ4v) is 2.76. The summed E-state index contributed by atoms with van der Waals surface area (Å²) in [6.45, 7) is 5.31. The Labute approximate surface area is 130 Å². The number of rotatable bonds is 4. The van der Waals surface area contributed by atoms with E-state index in [9.17, 15) is 4.79 Å². The third kappa shape index (κ3) is 3.04. The van der Waals surface area contributed by atoms with Crippen molar-refractivity contribution >= 4 is 5.91 Å². The SMILES string of the molecule is Cc1cccc(-n2ncc(C(=O)NC[C@H]3CCCO3)c2C)c1. The summed E-state index contributed by atoms with van der Waals surface area (Å²) >= 11 is 0. The van der Waals surface area contributed by atoms with Crippen molar-refractivity contribution in [1.29, 1.82) is 0 Å². The predicted octanol–water partition coefficient (Wildman–Crippen LogP) is 2.40. The first-order valence-corrected chi connectivity index (χ1v) is 7.66. The second kappa shape index (κ2) is 6.32. The van der Waals surface area contributed by atoms with Crippen LogP contribution in [0, 0.1) is 13.8 Å². The van der Waals surface area contributed by atoms with Crippen LogP contribution in [0.25, 0.3) is 5.69 Å². The van der Waals surface area contributed by atoms with Gasteiger partial charge in [-0.2, -0.15) is 5.10 Å². The standard InChI is InChI=1S/C17H21N3O2/c1-12-5-3-6-14(9-12)20-13(2)16(11-19-20)17(21)18-10-15-7-4-8-22-15/h3,5-6,9,11,15H,4,7-8,10H2,1-2H3,(H,18,21)/t15-/m1/s1. The van der Waals surface area contributed by atoms with Crippen LogP contribution in [0.15, 0.2) is 30.5 Å². The van der Waals surface area contributed by atoms with Crippen LogP contribution < -0.4 is 5.32 Å². The lowest BCUT2D eigenvalue weighted by molar-refractivity contribution is 0.0857. The van der Waals surface area contributed by atoms with Crippen LogP contribution in [-0.4, -0.2) is 34.9 Å². The van der Waals surface area contributed by atoms with Gasteiger partial charge in [-0.05, 0) is 44.4 Å². The molecule has 2 aromatic rings. The molecule has 1 aromatic heterocycles. The molecule has 1 atom stereocenters. The molecular formula is C17H21N3O2. The molecule has 1 aliphatic rings. The molecule has 0 saturated carbocycles. The number of benzene rings is 1. The average Bonchev–Trinajstić information content (AvgIpc) is 3.14. The largest absolute Gasteiger partial charge is 0.376 e. The number of aromatic nitrogens is 2. The van der Waals surface area contributed by atoms with Gasteiger partial charge in [0, 0.05) is 13.2 Å². The van der Waals surface area contributed by atoms with Gasteiger partial charge in [-0.15, -0.1) is 0 Å². The fourth-order valence-electron chi connectivity index (χ4n) is 2.76. The molecule has 0 unspecified atom stereocenters. The minimum absolute atomic E-state index is 0.0908. The van der Waals surface area contributed by atoms with E-state index in [1.54, 1.807) is 10.9 Å². The van der Waals surface area contributed by atoms with E-state index in [0.717, 1.165) is 36.4 Å². The number of nitrogens with one attached hydrogen (secondary N) is 1. The van der Waals surface area contributed by atoms with E-state index in [1.165, 1.54) is 0 Å². The minimum atomic E-state index is -0.0908. The number of ether oxygens (including phenoxy) is 1. The normalized spacial score (nSPS) is 17.6. The van der Waals surface area contributed by atoms with Gasteiger partial charge in [0.1, 0.15) is 0 Å². The van der Waals surface area contributed by atoms with E-state index in [4.69, 9.17) is 4.74 Å². The maximum absolute atomic E-state index is 12.3. The summed E-state index contributed by atoms with van der Waals surface area (Å²) in [6.07, 6.45) is 3.87. The smallest absolute Gasteiger partial charge is 0.254 e. The highest BCUT2D eigenvalue weighted by atomic mass is 16.5. The van der Waals surface area contributed by atoms with Crippen molar-refractivity contribution in [3.8, 4) is 5.69 Å². The van der Waals surface area contributed by atoms with Crippen LogP contribution in [-0.2, 0) is 4.74 Å². The summed E-state index contributed by atoms with van der Waals surface area (Å²) in [7, 11) is 0. The van der Waals surface area contributed by atoms with Crippen molar-refractivity contribution in [2.45, 2.75) is 32.8 Å². The van der Waals surface area contributed by atoms with Crippen LogP contribution in [0.5, 0.6) is 0 Å². The Morgan fingerprint density at radius 3 is 3.05 bits per heavy atom. The molecule has 0 bridgehead atoms. The van der Waals surface area contributed by atoms with E-state index >= 15 is 0 Å². The average molecular weight is 299 g/mol. The van der Waals surface area contributed by atoms with Crippen molar-refractivity contribution in [3.05, 3.63) is 47.3 Å². The molecule has 116 valence electrons.